The van der Waals surface area contributed by atoms with Gasteiger partial charge in [0.25, 0.3) is 0 Å². The molecule has 0 aliphatic carbocycles. The Morgan fingerprint density at radius 1 is 0.389 bits per heavy atom. The van der Waals surface area contributed by atoms with E-state index in [1.165, 1.54) is 180 Å². The lowest BCUT2D eigenvalue weighted by molar-refractivity contribution is 0.0899. The fourth-order valence-corrected chi connectivity index (χ4v) is 5.28. The van der Waals surface area contributed by atoms with Crippen LogP contribution in [0.3, 0.4) is 0 Å². The highest BCUT2D eigenvalue weighted by atomic mass is 16.7. The van der Waals surface area contributed by atoms with Crippen molar-refractivity contribution in [2.24, 2.45) is 0 Å². The van der Waals surface area contributed by atoms with Gasteiger partial charge in [0.15, 0.2) is 0 Å². The molecule has 0 fully saturated rings. The van der Waals surface area contributed by atoms with E-state index in [0.29, 0.717) is 6.61 Å². The molecular formula is C33H66O3. The average molecular weight is 511 g/mol. The molecule has 0 spiro atoms. The minimum absolute atomic E-state index is 0.356. The van der Waals surface area contributed by atoms with Crippen LogP contribution in [-0.2, 0) is 4.74 Å². The lowest BCUT2D eigenvalue weighted by Gasteiger charge is -2.04. The first kappa shape index (κ1) is 35.3. The summed E-state index contributed by atoms with van der Waals surface area (Å²) in [6, 6.07) is 0. The Morgan fingerprint density at radius 2 is 0.583 bits per heavy atom. The van der Waals surface area contributed by atoms with E-state index in [0.717, 1.165) is 12.8 Å². The number of unbranched alkanes of at least 4 members (excludes halogenated alkanes) is 29. The first-order valence-corrected chi connectivity index (χ1v) is 16.6. The second-order valence-corrected chi connectivity index (χ2v) is 11.4. The Balaban J connectivity index is 3.02. The first-order valence-electron chi connectivity index (χ1n) is 16.6. The van der Waals surface area contributed by atoms with Gasteiger partial charge in [0.2, 0.25) is 0 Å². The quantitative estimate of drug-likeness (QED) is 0.0745. The van der Waals surface area contributed by atoms with Gasteiger partial charge in [-0.25, -0.2) is 4.79 Å². The van der Waals surface area contributed by atoms with E-state index in [1.807, 2.05) is 0 Å². The van der Waals surface area contributed by atoms with Crippen molar-refractivity contribution in [3.05, 3.63) is 0 Å². The molecule has 0 saturated heterocycles. The van der Waals surface area contributed by atoms with Crippen LogP contribution in [-0.4, -0.2) is 17.9 Å². The number of carboxylic acid groups (broad SMARTS) is 1. The van der Waals surface area contributed by atoms with Crippen LogP contribution in [0, 0.1) is 0 Å². The molecule has 3 nitrogen and oxygen atoms in total. The Kier molecular flexibility index (Phi) is 31.6. The number of rotatable bonds is 31. The summed E-state index contributed by atoms with van der Waals surface area (Å²) in [7, 11) is 0. The predicted molar refractivity (Wildman–Crippen MR) is 158 cm³/mol. The van der Waals surface area contributed by atoms with Crippen LogP contribution in [0.15, 0.2) is 0 Å². The van der Waals surface area contributed by atoms with Crippen molar-refractivity contribution < 1.29 is 14.6 Å². The molecule has 0 aromatic carbocycles. The van der Waals surface area contributed by atoms with Crippen LogP contribution >= 0.6 is 0 Å². The maximum absolute atomic E-state index is 10.2. The number of ether oxygens (including phenoxy) is 1. The fourth-order valence-electron chi connectivity index (χ4n) is 5.28. The zero-order valence-corrected chi connectivity index (χ0v) is 24.7. The average Bonchev–Trinajstić information content (AvgIpc) is 2.87. The molecule has 0 unspecified atom stereocenters. The molecular weight excluding hydrogens is 444 g/mol. The van der Waals surface area contributed by atoms with Gasteiger partial charge in [-0.2, -0.15) is 0 Å². The van der Waals surface area contributed by atoms with Gasteiger partial charge < -0.3 is 9.84 Å². The summed E-state index contributed by atoms with van der Waals surface area (Å²) >= 11 is 0. The zero-order valence-electron chi connectivity index (χ0n) is 24.7. The van der Waals surface area contributed by atoms with Crippen LogP contribution < -0.4 is 0 Å². The smallest absolute Gasteiger partial charge is 0.450 e. The second-order valence-electron chi connectivity index (χ2n) is 11.4. The molecule has 0 aromatic rings. The topological polar surface area (TPSA) is 46.5 Å². The SMILES string of the molecule is CCCCCCCCCCCCCCCCCCCCCCCCCCCCCCCCOC(=O)O. The van der Waals surface area contributed by atoms with Crippen LogP contribution in [0.25, 0.3) is 0 Å². The van der Waals surface area contributed by atoms with Gasteiger partial charge in [0, 0.05) is 0 Å². The van der Waals surface area contributed by atoms with Crippen molar-refractivity contribution in [3.8, 4) is 0 Å². The molecule has 216 valence electrons. The van der Waals surface area contributed by atoms with Crippen molar-refractivity contribution in [2.45, 2.75) is 200 Å². The Bertz CT molecular complexity index is 410. The molecule has 0 atom stereocenters. The van der Waals surface area contributed by atoms with E-state index in [2.05, 4.69) is 11.7 Å². The maximum atomic E-state index is 10.2. The van der Waals surface area contributed by atoms with Crippen molar-refractivity contribution in [1.29, 1.82) is 0 Å². The molecule has 1 N–H and O–H groups in total. The van der Waals surface area contributed by atoms with E-state index in [9.17, 15) is 4.79 Å². The van der Waals surface area contributed by atoms with Crippen molar-refractivity contribution >= 4 is 6.16 Å². The number of hydrogen-bond acceptors (Lipinski definition) is 2. The third-order valence-corrected chi connectivity index (χ3v) is 7.72. The normalized spacial score (nSPS) is 11.2. The van der Waals surface area contributed by atoms with Crippen LogP contribution in [0.1, 0.15) is 200 Å². The fraction of sp³-hybridized carbons (Fsp3) is 0.970. The molecule has 0 aliphatic heterocycles. The third-order valence-electron chi connectivity index (χ3n) is 7.72. The third kappa shape index (κ3) is 33.3. The molecule has 0 rings (SSSR count). The van der Waals surface area contributed by atoms with Crippen LogP contribution in [0.5, 0.6) is 0 Å². The highest BCUT2D eigenvalue weighted by molar-refractivity contribution is 5.56. The first-order chi connectivity index (χ1) is 17.8. The monoisotopic (exact) mass is 511 g/mol. The highest BCUT2D eigenvalue weighted by Gasteiger charge is 1.98. The zero-order chi connectivity index (χ0) is 26.2. The molecule has 0 heterocycles. The van der Waals surface area contributed by atoms with Crippen molar-refractivity contribution in [2.75, 3.05) is 6.61 Å². The predicted octanol–water partition coefficient (Wildman–Crippen LogP) is 12.4. The highest BCUT2D eigenvalue weighted by Crippen LogP contribution is 2.16. The lowest BCUT2D eigenvalue weighted by atomic mass is 10.0. The van der Waals surface area contributed by atoms with E-state index < -0.39 is 6.16 Å². The number of carbonyl (C=O) groups is 1. The Morgan fingerprint density at radius 3 is 0.778 bits per heavy atom. The summed E-state index contributed by atoms with van der Waals surface area (Å²) in [6.07, 6.45) is 40.9. The Labute approximate surface area is 226 Å². The second kappa shape index (κ2) is 32.3. The van der Waals surface area contributed by atoms with Gasteiger partial charge in [-0.1, -0.05) is 193 Å². The van der Waals surface area contributed by atoms with Gasteiger partial charge in [-0.15, -0.1) is 0 Å². The van der Waals surface area contributed by atoms with Crippen molar-refractivity contribution in [1.82, 2.24) is 0 Å². The minimum atomic E-state index is -1.15. The molecule has 3 heteroatoms. The van der Waals surface area contributed by atoms with Gasteiger partial charge in [0.1, 0.15) is 0 Å². The van der Waals surface area contributed by atoms with E-state index in [4.69, 9.17) is 5.11 Å². The molecule has 0 bridgehead atoms. The molecule has 0 saturated carbocycles. The van der Waals surface area contributed by atoms with Gasteiger partial charge >= 0.3 is 6.16 Å². The summed E-state index contributed by atoms with van der Waals surface area (Å²) in [4.78, 5) is 10.2. The minimum Gasteiger partial charge on any atom is -0.450 e. The number of hydrogen-bond donors (Lipinski definition) is 1. The summed E-state index contributed by atoms with van der Waals surface area (Å²) in [6.45, 7) is 2.65. The molecule has 0 aliphatic rings. The van der Waals surface area contributed by atoms with E-state index in [-0.39, 0.29) is 0 Å². The maximum Gasteiger partial charge on any atom is 0.505 e. The summed E-state index contributed by atoms with van der Waals surface area (Å²) < 4.78 is 4.52. The molecule has 0 radical (unpaired) electrons. The van der Waals surface area contributed by atoms with Gasteiger partial charge in [-0.05, 0) is 6.42 Å². The molecule has 36 heavy (non-hydrogen) atoms. The van der Waals surface area contributed by atoms with Gasteiger partial charge in [0.05, 0.1) is 6.61 Å². The summed E-state index contributed by atoms with van der Waals surface area (Å²) in [5.74, 6) is 0. The van der Waals surface area contributed by atoms with Crippen LogP contribution in [0.2, 0.25) is 0 Å². The summed E-state index contributed by atoms with van der Waals surface area (Å²) in [5.41, 5.74) is 0. The van der Waals surface area contributed by atoms with Gasteiger partial charge in [-0.3, -0.25) is 0 Å². The van der Waals surface area contributed by atoms with E-state index >= 15 is 0 Å². The molecule has 0 aromatic heterocycles. The van der Waals surface area contributed by atoms with Crippen LogP contribution in [0.4, 0.5) is 4.79 Å². The van der Waals surface area contributed by atoms with E-state index in [1.54, 1.807) is 0 Å². The Hall–Kier alpha value is -0.730. The lowest BCUT2D eigenvalue weighted by Crippen LogP contribution is -2.01. The summed E-state index contributed by atoms with van der Waals surface area (Å²) in [5, 5.41) is 8.40. The van der Waals surface area contributed by atoms with Crippen molar-refractivity contribution in [3.63, 3.8) is 0 Å². The standard InChI is InChI=1S/C33H66O3/c1-2-3-4-5-6-7-8-9-10-11-12-13-14-15-16-17-18-19-20-21-22-23-24-25-26-27-28-29-30-31-32-36-33(34)35/h2-32H2,1H3,(H,34,35). The largest absolute Gasteiger partial charge is 0.505 e. The molecule has 0 amide bonds.